The van der Waals surface area contributed by atoms with Crippen molar-refractivity contribution in [2.75, 3.05) is 13.1 Å². The lowest BCUT2D eigenvalue weighted by atomic mass is 9.83. The third-order valence-electron chi connectivity index (χ3n) is 5.16. The van der Waals surface area contributed by atoms with Crippen LogP contribution in [-0.4, -0.2) is 37.8 Å². The lowest BCUT2D eigenvalue weighted by molar-refractivity contribution is 0.0864. The number of furan rings is 1. The zero-order valence-corrected chi connectivity index (χ0v) is 18.3. The molecule has 1 atom stereocenters. The Morgan fingerprint density at radius 1 is 1.22 bits per heavy atom. The molecule has 7 heteroatoms. The molecule has 0 bridgehead atoms. The summed E-state index contributed by atoms with van der Waals surface area (Å²) < 4.78 is 32.6. The summed E-state index contributed by atoms with van der Waals surface area (Å²) in [6, 6.07) is 1.36. The summed E-state index contributed by atoms with van der Waals surface area (Å²) in [4.78, 5) is 12.8. The van der Waals surface area contributed by atoms with E-state index in [0.717, 1.165) is 25.7 Å². The second-order valence-corrected chi connectivity index (χ2v) is 10.9. The molecule has 0 spiro atoms. The predicted octanol–water partition coefficient (Wildman–Crippen LogP) is 3.95. The van der Waals surface area contributed by atoms with Crippen LogP contribution in [0.3, 0.4) is 0 Å². The van der Waals surface area contributed by atoms with Crippen LogP contribution in [0.15, 0.2) is 15.4 Å². The van der Waals surface area contributed by atoms with Gasteiger partial charge in [0.1, 0.15) is 10.7 Å². The number of hydrogen-bond donors (Lipinski definition) is 1. The standard InChI is InChI=1S/C20H34N2O4S/c1-14(2)9-10-18(20(4,5)6)21-19(23)16-13-17(15(3)26-16)27(24,25)22-11-7-8-12-22/h13-14,18H,7-12H2,1-6H3,(H,21,23). The molecule has 0 aliphatic carbocycles. The first kappa shape index (κ1) is 22.0. The summed E-state index contributed by atoms with van der Waals surface area (Å²) in [5.74, 6) is 0.519. The molecule has 1 aromatic heterocycles. The smallest absolute Gasteiger partial charge is 0.287 e. The zero-order chi connectivity index (χ0) is 20.4. The van der Waals surface area contributed by atoms with Crippen molar-refractivity contribution in [1.82, 2.24) is 9.62 Å². The van der Waals surface area contributed by atoms with Crippen LogP contribution >= 0.6 is 0 Å². The van der Waals surface area contributed by atoms with Crippen molar-refractivity contribution in [1.29, 1.82) is 0 Å². The Morgan fingerprint density at radius 3 is 2.33 bits per heavy atom. The van der Waals surface area contributed by atoms with Gasteiger partial charge in [-0.25, -0.2) is 8.42 Å². The van der Waals surface area contributed by atoms with Crippen LogP contribution in [0.1, 0.15) is 76.6 Å². The van der Waals surface area contributed by atoms with E-state index in [1.807, 2.05) is 0 Å². The molecule has 2 rings (SSSR count). The molecular weight excluding hydrogens is 364 g/mol. The Labute approximate surface area is 163 Å². The molecule has 2 heterocycles. The Hall–Kier alpha value is -1.34. The lowest BCUT2D eigenvalue weighted by Crippen LogP contribution is -2.43. The number of nitrogens with one attached hydrogen (secondary N) is 1. The van der Waals surface area contributed by atoms with Gasteiger partial charge in [0.15, 0.2) is 5.76 Å². The SMILES string of the molecule is Cc1oc(C(=O)NC(CCC(C)C)C(C)(C)C)cc1S(=O)(=O)N1CCCC1. The van der Waals surface area contributed by atoms with Gasteiger partial charge in [0.05, 0.1) is 0 Å². The first-order chi connectivity index (χ1) is 12.4. The molecule has 1 saturated heterocycles. The molecule has 0 aromatic carbocycles. The number of sulfonamides is 1. The number of nitrogens with zero attached hydrogens (tertiary/aromatic N) is 1. The van der Waals surface area contributed by atoms with Crippen LogP contribution in [0, 0.1) is 18.3 Å². The van der Waals surface area contributed by atoms with Crippen molar-refractivity contribution in [3.8, 4) is 0 Å². The van der Waals surface area contributed by atoms with Gasteiger partial charge >= 0.3 is 0 Å². The summed E-state index contributed by atoms with van der Waals surface area (Å²) in [6.07, 6.45) is 3.61. The van der Waals surface area contributed by atoms with E-state index in [4.69, 9.17) is 4.42 Å². The van der Waals surface area contributed by atoms with E-state index in [1.165, 1.54) is 10.4 Å². The quantitative estimate of drug-likeness (QED) is 0.754. The molecule has 1 amide bonds. The van der Waals surface area contributed by atoms with Gasteiger partial charge in [-0.15, -0.1) is 0 Å². The highest BCUT2D eigenvalue weighted by Gasteiger charge is 2.33. The van der Waals surface area contributed by atoms with Crippen molar-refractivity contribution < 1.29 is 17.6 Å². The normalized spacial score (nSPS) is 17.4. The fourth-order valence-electron chi connectivity index (χ4n) is 3.35. The highest BCUT2D eigenvalue weighted by molar-refractivity contribution is 7.89. The zero-order valence-electron chi connectivity index (χ0n) is 17.5. The summed E-state index contributed by atoms with van der Waals surface area (Å²) in [7, 11) is -3.60. The van der Waals surface area contributed by atoms with Gasteiger partial charge in [0.2, 0.25) is 10.0 Å². The molecule has 1 N–H and O–H groups in total. The second kappa shape index (κ2) is 8.35. The van der Waals surface area contributed by atoms with E-state index in [-0.39, 0.29) is 33.8 Å². The van der Waals surface area contributed by atoms with E-state index in [9.17, 15) is 13.2 Å². The van der Waals surface area contributed by atoms with Crippen molar-refractivity contribution in [3.63, 3.8) is 0 Å². The number of amides is 1. The molecule has 154 valence electrons. The van der Waals surface area contributed by atoms with Crippen LogP contribution in [0.5, 0.6) is 0 Å². The van der Waals surface area contributed by atoms with Gasteiger partial charge in [-0.05, 0) is 43.9 Å². The molecule has 27 heavy (non-hydrogen) atoms. The second-order valence-electron chi connectivity index (χ2n) is 9.01. The van der Waals surface area contributed by atoms with Crippen molar-refractivity contribution >= 4 is 15.9 Å². The van der Waals surface area contributed by atoms with Gasteiger partial charge in [0, 0.05) is 25.2 Å². The topological polar surface area (TPSA) is 79.6 Å². The minimum atomic E-state index is -3.60. The minimum absolute atomic E-state index is 0.0172. The van der Waals surface area contributed by atoms with Gasteiger partial charge in [-0.2, -0.15) is 4.31 Å². The average Bonchev–Trinajstić information content (AvgIpc) is 3.19. The van der Waals surface area contributed by atoms with Crippen molar-refractivity contribution in [2.45, 2.75) is 78.2 Å². The number of carbonyl (C=O) groups is 1. The highest BCUT2D eigenvalue weighted by atomic mass is 32.2. The van der Waals surface area contributed by atoms with E-state index in [1.54, 1.807) is 6.92 Å². The summed E-state index contributed by atoms with van der Waals surface area (Å²) in [5, 5.41) is 3.05. The van der Waals surface area contributed by atoms with Crippen molar-refractivity contribution in [2.24, 2.45) is 11.3 Å². The fourth-order valence-corrected chi connectivity index (χ4v) is 5.03. The summed E-state index contributed by atoms with van der Waals surface area (Å²) >= 11 is 0. The van der Waals surface area contributed by atoms with Crippen molar-refractivity contribution in [3.05, 3.63) is 17.6 Å². The van der Waals surface area contributed by atoms with Crippen LogP contribution in [0.4, 0.5) is 0 Å². The number of rotatable bonds is 7. The Morgan fingerprint density at radius 2 is 1.81 bits per heavy atom. The maximum atomic E-state index is 12.8. The fraction of sp³-hybridized carbons (Fsp3) is 0.750. The Balaban J connectivity index is 2.19. The molecule has 1 aliphatic rings. The molecule has 1 fully saturated rings. The van der Waals surface area contributed by atoms with Crippen LogP contribution < -0.4 is 5.32 Å². The first-order valence-electron chi connectivity index (χ1n) is 9.84. The summed E-state index contributed by atoms with van der Waals surface area (Å²) in [5.41, 5.74) is -0.101. The van der Waals surface area contributed by atoms with Crippen LogP contribution in [0.2, 0.25) is 0 Å². The number of hydrogen-bond acceptors (Lipinski definition) is 4. The number of aryl methyl sites for hydroxylation is 1. The molecule has 1 unspecified atom stereocenters. The van der Waals surface area contributed by atoms with E-state index in [0.29, 0.717) is 19.0 Å². The molecule has 1 aromatic rings. The molecule has 0 saturated carbocycles. The largest absolute Gasteiger partial charge is 0.455 e. The van der Waals surface area contributed by atoms with Gasteiger partial charge in [-0.3, -0.25) is 4.79 Å². The third kappa shape index (κ3) is 5.35. The predicted molar refractivity (Wildman–Crippen MR) is 106 cm³/mol. The third-order valence-corrected chi connectivity index (χ3v) is 7.17. The maximum Gasteiger partial charge on any atom is 0.287 e. The van der Waals surface area contributed by atoms with E-state index >= 15 is 0 Å². The maximum absolute atomic E-state index is 12.8. The minimum Gasteiger partial charge on any atom is -0.455 e. The van der Waals surface area contributed by atoms with E-state index in [2.05, 4.69) is 39.9 Å². The summed E-state index contributed by atoms with van der Waals surface area (Å²) in [6.45, 7) is 13.2. The number of carbonyl (C=O) groups excluding carboxylic acids is 1. The van der Waals surface area contributed by atoms with Gasteiger partial charge in [0.25, 0.3) is 5.91 Å². The molecule has 1 aliphatic heterocycles. The van der Waals surface area contributed by atoms with E-state index < -0.39 is 10.0 Å². The highest BCUT2D eigenvalue weighted by Crippen LogP contribution is 2.28. The molecular formula is C20H34N2O4S. The van der Waals surface area contributed by atoms with Gasteiger partial charge in [-0.1, -0.05) is 34.6 Å². The average molecular weight is 399 g/mol. The Bertz CT molecular complexity index is 753. The lowest BCUT2D eigenvalue weighted by Gasteiger charge is -2.31. The first-order valence-corrected chi connectivity index (χ1v) is 11.3. The Kier molecular flexibility index (Phi) is 6.79. The molecule has 0 radical (unpaired) electrons. The van der Waals surface area contributed by atoms with Crippen LogP contribution in [0.25, 0.3) is 0 Å². The monoisotopic (exact) mass is 398 g/mol. The van der Waals surface area contributed by atoms with Gasteiger partial charge < -0.3 is 9.73 Å². The van der Waals surface area contributed by atoms with Crippen LogP contribution in [-0.2, 0) is 10.0 Å². The molecule has 6 nitrogen and oxygen atoms in total.